The van der Waals surface area contributed by atoms with Crippen molar-refractivity contribution in [3.8, 4) is 0 Å². The number of benzene rings is 1. The molecule has 4 nitrogen and oxygen atoms in total. The van der Waals surface area contributed by atoms with E-state index in [1.165, 1.54) is 10.9 Å². The fourth-order valence-corrected chi connectivity index (χ4v) is 2.42. The van der Waals surface area contributed by atoms with Crippen molar-refractivity contribution < 1.29 is 4.74 Å². The Hall–Kier alpha value is -1.39. The monoisotopic (exact) mass is 275 g/mol. The van der Waals surface area contributed by atoms with Crippen molar-refractivity contribution in [2.45, 2.75) is 45.7 Å². The number of hydrogen-bond donors (Lipinski definition) is 1. The molecule has 2 N–H and O–H groups in total. The van der Waals surface area contributed by atoms with Crippen LogP contribution in [-0.4, -0.2) is 29.0 Å². The van der Waals surface area contributed by atoms with Crippen LogP contribution in [0.4, 0.5) is 0 Å². The number of hydrogen-bond acceptors (Lipinski definition) is 3. The molecule has 0 saturated carbocycles. The lowest BCUT2D eigenvalue weighted by Gasteiger charge is -2.10. The van der Waals surface area contributed by atoms with E-state index in [0.717, 1.165) is 44.7 Å². The molecular weight excluding hydrogens is 250 g/mol. The summed E-state index contributed by atoms with van der Waals surface area (Å²) in [6.07, 6.45) is 2.75. The zero-order valence-corrected chi connectivity index (χ0v) is 12.5. The first-order chi connectivity index (χ1) is 9.76. The van der Waals surface area contributed by atoms with E-state index in [1.807, 2.05) is 4.68 Å². The highest BCUT2D eigenvalue weighted by atomic mass is 16.5. The molecule has 0 fully saturated rings. The second kappa shape index (κ2) is 7.41. The van der Waals surface area contributed by atoms with Gasteiger partial charge in [0.1, 0.15) is 0 Å². The minimum Gasteiger partial charge on any atom is -0.381 e. The molecule has 1 heterocycles. The van der Waals surface area contributed by atoms with Gasteiger partial charge in [0.2, 0.25) is 0 Å². The van der Waals surface area contributed by atoms with E-state index in [4.69, 9.17) is 10.5 Å². The molecule has 0 aliphatic rings. The number of fused-ring (bicyclic) bond motifs is 1. The van der Waals surface area contributed by atoms with Crippen LogP contribution in [0.15, 0.2) is 24.3 Å². The van der Waals surface area contributed by atoms with Gasteiger partial charge in [-0.15, -0.1) is 0 Å². The predicted molar refractivity (Wildman–Crippen MR) is 82.8 cm³/mol. The van der Waals surface area contributed by atoms with Gasteiger partial charge < -0.3 is 10.5 Å². The van der Waals surface area contributed by atoms with E-state index in [1.54, 1.807) is 0 Å². The molecule has 0 saturated heterocycles. The molecule has 110 valence electrons. The maximum Gasteiger partial charge on any atom is 0.0718 e. The number of aromatic nitrogens is 2. The van der Waals surface area contributed by atoms with Crippen molar-refractivity contribution in [2.24, 2.45) is 5.73 Å². The van der Waals surface area contributed by atoms with E-state index < -0.39 is 0 Å². The lowest BCUT2D eigenvalue weighted by Crippen LogP contribution is -2.25. The molecule has 4 heteroatoms. The van der Waals surface area contributed by atoms with Gasteiger partial charge in [-0.2, -0.15) is 5.10 Å². The fraction of sp³-hybridized carbons (Fsp3) is 0.562. The third-order valence-electron chi connectivity index (χ3n) is 3.47. The number of nitrogens with zero attached hydrogens (tertiary/aromatic N) is 2. The van der Waals surface area contributed by atoms with Crippen LogP contribution in [0.1, 0.15) is 32.4 Å². The molecule has 2 rings (SSSR count). The first-order valence-electron chi connectivity index (χ1n) is 7.54. The molecular formula is C16H25N3O. The van der Waals surface area contributed by atoms with Crippen LogP contribution in [0.3, 0.4) is 0 Å². The first-order valence-corrected chi connectivity index (χ1v) is 7.54. The normalized spacial score (nSPS) is 12.9. The molecule has 1 aromatic heterocycles. The van der Waals surface area contributed by atoms with Gasteiger partial charge in [-0.3, -0.25) is 4.68 Å². The van der Waals surface area contributed by atoms with Gasteiger partial charge in [-0.1, -0.05) is 25.1 Å². The summed E-state index contributed by atoms with van der Waals surface area (Å²) in [6, 6.07) is 8.47. The van der Waals surface area contributed by atoms with E-state index in [-0.39, 0.29) is 6.04 Å². The minimum atomic E-state index is 0.107. The van der Waals surface area contributed by atoms with Crippen LogP contribution < -0.4 is 5.73 Å². The topological polar surface area (TPSA) is 53.1 Å². The van der Waals surface area contributed by atoms with E-state index >= 15 is 0 Å². The molecule has 0 radical (unpaired) electrons. The summed E-state index contributed by atoms with van der Waals surface area (Å²) in [4.78, 5) is 0. The molecule has 0 spiro atoms. The van der Waals surface area contributed by atoms with Crippen LogP contribution >= 0.6 is 0 Å². The van der Waals surface area contributed by atoms with Gasteiger partial charge in [-0.05, 0) is 25.8 Å². The Kier molecular flexibility index (Phi) is 5.56. The molecule has 1 atom stereocenters. The average Bonchev–Trinajstić information content (AvgIpc) is 2.82. The zero-order valence-electron chi connectivity index (χ0n) is 12.5. The van der Waals surface area contributed by atoms with Gasteiger partial charge in [0.25, 0.3) is 0 Å². The second-order valence-electron chi connectivity index (χ2n) is 5.14. The highest BCUT2D eigenvalue weighted by Crippen LogP contribution is 2.19. The largest absolute Gasteiger partial charge is 0.381 e. The maximum atomic E-state index is 6.20. The lowest BCUT2D eigenvalue weighted by molar-refractivity contribution is 0.127. The molecule has 0 aliphatic heterocycles. The highest BCUT2D eigenvalue weighted by molar-refractivity contribution is 5.82. The van der Waals surface area contributed by atoms with Crippen LogP contribution in [0.2, 0.25) is 0 Å². The van der Waals surface area contributed by atoms with Gasteiger partial charge in [0.05, 0.1) is 11.2 Å². The highest BCUT2D eigenvalue weighted by Gasteiger charge is 2.12. The van der Waals surface area contributed by atoms with Crippen LogP contribution in [0, 0.1) is 0 Å². The Morgan fingerprint density at radius 3 is 2.80 bits per heavy atom. The minimum absolute atomic E-state index is 0.107. The molecule has 1 unspecified atom stereocenters. The summed E-state index contributed by atoms with van der Waals surface area (Å²) in [5, 5.41) is 5.91. The van der Waals surface area contributed by atoms with E-state index in [2.05, 4.69) is 43.2 Å². The molecule has 1 aromatic carbocycles. The zero-order chi connectivity index (χ0) is 14.4. The fourth-order valence-electron chi connectivity index (χ4n) is 2.42. The third-order valence-corrected chi connectivity index (χ3v) is 3.47. The molecule has 0 amide bonds. The van der Waals surface area contributed by atoms with Crippen molar-refractivity contribution >= 4 is 10.9 Å². The Bertz CT molecular complexity index is 536. The average molecular weight is 275 g/mol. The molecule has 2 aromatic rings. The number of aryl methyl sites for hydroxylation is 1. The second-order valence-corrected chi connectivity index (χ2v) is 5.14. The maximum absolute atomic E-state index is 6.20. The summed E-state index contributed by atoms with van der Waals surface area (Å²) in [5.74, 6) is 0. The SMILES string of the molecule is CCCOCCC(N)Cc1nn(CC)c2ccccc12. The van der Waals surface area contributed by atoms with Crippen LogP contribution in [0.25, 0.3) is 10.9 Å². The van der Waals surface area contributed by atoms with Crippen molar-refractivity contribution in [1.82, 2.24) is 9.78 Å². The van der Waals surface area contributed by atoms with Crippen molar-refractivity contribution in [3.05, 3.63) is 30.0 Å². The summed E-state index contributed by atoms with van der Waals surface area (Å²) in [5.41, 5.74) is 8.50. The van der Waals surface area contributed by atoms with Gasteiger partial charge in [0, 0.05) is 37.6 Å². The number of para-hydroxylation sites is 1. The Labute approximate surface area is 120 Å². The molecule has 20 heavy (non-hydrogen) atoms. The standard InChI is InChI=1S/C16H25N3O/c1-3-10-20-11-9-13(17)12-15-14-7-5-6-8-16(14)19(4-2)18-15/h5-8,13H,3-4,9-12,17H2,1-2H3. The Morgan fingerprint density at radius 2 is 2.05 bits per heavy atom. The summed E-state index contributed by atoms with van der Waals surface area (Å²) < 4.78 is 7.55. The van der Waals surface area contributed by atoms with Crippen molar-refractivity contribution in [3.63, 3.8) is 0 Å². The van der Waals surface area contributed by atoms with Crippen molar-refractivity contribution in [2.75, 3.05) is 13.2 Å². The third kappa shape index (κ3) is 3.58. The Balaban J connectivity index is 2.02. The van der Waals surface area contributed by atoms with Crippen LogP contribution in [-0.2, 0) is 17.7 Å². The summed E-state index contributed by atoms with van der Waals surface area (Å²) >= 11 is 0. The van der Waals surface area contributed by atoms with E-state index in [9.17, 15) is 0 Å². The van der Waals surface area contributed by atoms with Gasteiger partial charge in [0.15, 0.2) is 0 Å². The van der Waals surface area contributed by atoms with Crippen molar-refractivity contribution in [1.29, 1.82) is 0 Å². The molecule has 0 aliphatic carbocycles. The predicted octanol–water partition coefficient (Wildman–Crippen LogP) is 2.74. The van der Waals surface area contributed by atoms with Crippen LogP contribution in [0.5, 0.6) is 0 Å². The van der Waals surface area contributed by atoms with Gasteiger partial charge in [-0.25, -0.2) is 0 Å². The molecule has 0 bridgehead atoms. The Morgan fingerprint density at radius 1 is 1.25 bits per heavy atom. The van der Waals surface area contributed by atoms with E-state index in [0.29, 0.717) is 0 Å². The van der Waals surface area contributed by atoms with Gasteiger partial charge >= 0.3 is 0 Å². The smallest absolute Gasteiger partial charge is 0.0718 e. The lowest BCUT2D eigenvalue weighted by atomic mass is 10.1. The number of rotatable bonds is 8. The number of nitrogens with two attached hydrogens (primary N) is 1. The summed E-state index contributed by atoms with van der Waals surface area (Å²) in [6.45, 7) is 6.67. The summed E-state index contributed by atoms with van der Waals surface area (Å²) in [7, 11) is 0. The quantitative estimate of drug-likeness (QED) is 0.754. The number of ether oxygens (including phenoxy) is 1. The first kappa shape index (κ1) is 15.0.